The Kier molecular flexibility index (Phi) is 3.49. The predicted octanol–water partition coefficient (Wildman–Crippen LogP) is 1.11. The van der Waals surface area contributed by atoms with Crippen LogP contribution in [0.25, 0.3) is 0 Å². The molecule has 1 aromatic carbocycles. The quantitative estimate of drug-likeness (QED) is 0.497. The molecule has 0 radical (unpaired) electrons. The third-order valence-electron chi connectivity index (χ3n) is 2.95. The number of nitrogens with two attached hydrogens (primary N) is 1. The summed E-state index contributed by atoms with van der Waals surface area (Å²) in [6, 6.07) is 4.85. The van der Waals surface area contributed by atoms with Crippen molar-refractivity contribution in [2.75, 3.05) is 4.72 Å². The predicted molar refractivity (Wildman–Crippen MR) is 76.3 cm³/mol. The molecule has 0 spiro atoms. The van der Waals surface area contributed by atoms with Gasteiger partial charge in [0.1, 0.15) is 11.7 Å². The van der Waals surface area contributed by atoms with Gasteiger partial charge in [-0.25, -0.2) is 8.42 Å². The van der Waals surface area contributed by atoms with Gasteiger partial charge < -0.3 is 5.73 Å². The first-order chi connectivity index (χ1) is 9.31. The van der Waals surface area contributed by atoms with Gasteiger partial charge in [0, 0.05) is 0 Å². The van der Waals surface area contributed by atoms with Crippen molar-refractivity contribution in [2.45, 2.75) is 18.7 Å². The number of nitrogen functional groups attached to an aromatic ring is 1. The first-order valence-electron chi connectivity index (χ1n) is 5.79. The highest BCUT2D eigenvalue weighted by Gasteiger charge is 2.18. The fourth-order valence-electron chi connectivity index (χ4n) is 1.64. The lowest BCUT2D eigenvalue weighted by atomic mass is 10.1. The third-order valence-corrected chi connectivity index (χ3v) is 4.30. The molecule has 106 valence electrons. The zero-order valence-corrected chi connectivity index (χ0v) is 11.9. The average Bonchev–Trinajstić information content (AvgIpc) is 2.80. The van der Waals surface area contributed by atoms with E-state index in [-0.39, 0.29) is 22.1 Å². The summed E-state index contributed by atoms with van der Waals surface area (Å²) >= 11 is 0. The van der Waals surface area contributed by atoms with Gasteiger partial charge in [0.2, 0.25) is 0 Å². The zero-order valence-electron chi connectivity index (χ0n) is 11.1. The number of benzene rings is 1. The Labute approximate surface area is 116 Å². The van der Waals surface area contributed by atoms with Crippen molar-refractivity contribution in [2.24, 2.45) is 5.73 Å². The molecule has 1 heterocycles. The highest BCUT2D eigenvalue weighted by molar-refractivity contribution is 7.92. The third kappa shape index (κ3) is 2.64. The highest BCUT2D eigenvalue weighted by atomic mass is 32.2. The van der Waals surface area contributed by atoms with Crippen molar-refractivity contribution in [3.63, 3.8) is 0 Å². The number of hydrogen-bond donors (Lipinski definition) is 4. The second-order valence-electron chi connectivity index (χ2n) is 4.42. The van der Waals surface area contributed by atoms with Gasteiger partial charge in [-0.05, 0) is 37.1 Å². The van der Waals surface area contributed by atoms with Crippen molar-refractivity contribution in [1.29, 1.82) is 5.41 Å². The van der Waals surface area contributed by atoms with Crippen LogP contribution in [-0.4, -0.2) is 24.5 Å². The molecule has 8 heteroatoms. The normalized spacial score (nSPS) is 11.3. The number of nitrogens with one attached hydrogen (secondary N) is 3. The number of rotatable bonds is 4. The Hall–Kier alpha value is -2.35. The number of hydrogen-bond acceptors (Lipinski definition) is 4. The lowest BCUT2D eigenvalue weighted by Crippen LogP contribution is -2.18. The van der Waals surface area contributed by atoms with Crippen molar-refractivity contribution >= 4 is 21.7 Å². The monoisotopic (exact) mass is 293 g/mol. The number of sulfonamides is 1. The summed E-state index contributed by atoms with van der Waals surface area (Å²) in [5.74, 6) is -0.188. The highest BCUT2D eigenvalue weighted by Crippen LogP contribution is 2.19. The van der Waals surface area contributed by atoms with E-state index in [0.29, 0.717) is 0 Å². The van der Waals surface area contributed by atoms with Crippen LogP contribution in [0.15, 0.2) is 29.3 Å². The fraction of sp³-hybridized carbons (Fsp3) is 0.167. The topological polar surface area (TPSA) is 125 Å². The van der Waals surface area contributed by atoms with Gasteiger partial charge >= 0.3 is 0 Å². The second kappa shape index (κ2) is 4.97. The fourth-order valence-corrected chi connectivity index (χ4v) is 2.76. The van der Waals surface area contributed by atoms with Crippen LogP contribution in [0.1, 0.15) is 16.7 Å². The van der Waals surface area contributed by atoms with Crippen LogP contribution in [-0.2, 0) is 10.0 Å². The standard InChI is InChI=1S/C12H15N5O2S/c1-7-3-4-9(5-8(7)2)20(18,19)17-12-10(11(13)14)6-15-16-12/h3-6H,1-2H3,(H3,13,14)(H2,15,16,17). The van der Waals surface area contributed by atoms with Gasteiger partial charge in [0.15, 0.2) is 0 Å². The molecular formula is C12H15N5O2S. The Balaban J connectivity index is 2.38. The lowest BCUT2D eigenvalue weighted by Gasteiger charge is -2.09. The molecule has 0 atom stereocenters. The maximum absolute atomic E-state index is 12.3. The summed E-state index contributed by atoms with van der Waals surface area (Å²) in [5, 5.41) is 13.5. The Morgan fingerprint density at radius 1 is 1.35 bits per heavy atom. The number of aromatic amines is 1. The number of H-pyrrole nitrogens is 1. The number of nitrogens with zero attached hydrogens (tertiary/aromatic N) is 1. The van der Waals surface area contributed by atoms with E-state index in [1.807, 2.05) is 13.8 Å². The van der Waals surface area contributed by atoms with Crippen LogP contribution in [0, 0.1) is 19.3 Å². The molecule has 0 bridgehead atoms. The Morgan fingerprint density at radius 3 is 2.65 bits per heavy atom. The molecule has 0 aliphatic carbocycles. The molecule has 0 saturated heterocycles. The van der Waals surface area contributed by atoms with E-state index in [0.717, 1.165) is 11.1 Å². The minimum Gasteiger partial charge on any atom is -0.384 e. The van der Waals surface area contributed by atoms with Gasteiger partial charge in [-0.3, -0.25) is 15.2 Å². The van der Waals surface area contributed by atoms with Gasteiger partial charge in [0.05, 0.1) is 16.7 Å². The molecule has 0 unspecified atom stereocenters. The number of aromatic nitrogens is 2. The summed E-state index contributed by atoms with van der Waals surface area (Å²) in [4.78, 5) is 0.143. The van der Waals surface area contributed by atoms with Crippen molar-refractivity contribution in [3.05, 3.63) is 41.1 Å². The Morgan fingerprint density at radius 2 is 2.05 bits per heavy atom. The molecule has 5 N–H and O–H groups in total. The maximum atomic E-state index is 12.3. The van der Waals surface area contributed by atoms with Crippen molar-refractivity contribution < 1.29 is 8.42 Å². The lowest BCUT2D eigenvalue weighted by molar-refractivity contribution is 0.601. The smallest absolute Gasteiger partial charge is 0.263 e. The summed E-state index contributed by atoms with van der Waals surface area (Å²) in [7, 11) is -3.75. The SMILES string of the molecule is Cc1ccc(S(=O)(=O)Nc2[nH]ncc2C(=N)N)cc1C. The van der Waals surface area contributed by atoms with E-state index in [9.17, 15) is 8.42 Å². The molecule has 2 rings (SSSR count). The first kappa shape index (κ1) is 14.1. The molecule has 1 aromatic heterocycles. The van der Waals surface area contributed by atoms with Crippen LogP contribution in [0.2, 0.25) is 0 Å². The van der Waals surface area contributed by atoms with Crippen molar-refractivity contribution in [3.8, 4) is 0 Å². The van der Waals surface area contributed by atoms with Crippen LogP contribution in [0.5, 0.6) is 0 Å². The first-order valence-corrected chi connectivity index (χ1v) is 7.27. The Bertz CT molecular complexity index is 764. The maximum Gasteiger partial charge on any atom is 0.263 e. The molecule has 20 heavy (non-hydrogen) atoms. The van der Waals surface area contributed by atoms with Gasteiger partial charge in [-0.15, -0.1) is 0 Å². The van der Waals surface area contributed by atoms with Gasteiger partial charge in [0.25, 0.3) is 10.0 Å². The van der Waals surface area contributed by atoms with Crippen LogP contribution < -0.4 is 10.5 Å². The van der Waals surface area contributed by atoms with Gasteiger partial charge in [-0.2, -0.15) is 5.10 Å². The van der Waals surface area contributed by atoms with Crippen LogP contribution in [0.3, 0.4) is 0 Å². The average molecular weight is 293 g/mol. The van der Waals surface area contributed by atoms with Gasteiger partial charge in [-0.1, -0.05) is 6.07 Å². The molecule has 0 aliphatic rings. The van der Waals surface area contributed by atoms with E-state index >= 15 is 0 Å². The van der Waals surface area contributed by atoms with Crippen LogP contribution in [0.4, 0.5) is 5.82 Å². The summed E-state index contributed by atoms with van der Waals surface area (Å²) in [6.07, 6.45) is 1.29. The van der Waals surface area contributed by atoms with E-state index in [1.54, 1.807) is 12.1 Å². The van der Waals surface area contributed by atoms with E-state index in [1.165, 1.54) is 12.3 Å². The molecule has 0 saturated carbocycles. The van der Waals surface area contributed by atoms with E-state index < -0.39 is 10.0 Å². The van der Waals surface area contributed by atoms with E-state index in [2.05, 4.69) is 14.9 Å². The minimum atomic E-state index is -3.75. The number of aryl methyl sites for hydroxylation is 2. The summed E-state index contributed by atoms with van der Waals surface area (Å²) < 4.78 is 26.9. The molecule has 0 amide bonds. The second-order valence-corrected chi connectivity index (χ2v) is 6.11. The molecule has 7 nitrogen and oxygen atoms in total. The molecule has 0 aliphatic heterocycles. The van der Waals surface area contributed by atoms with Crippen LogP contribution >= 0.6 is 0 Å². The molecule has 0 fully saturated rings. The summed E-state index contributed by atoms with van der Waals surface area (Å²) in [6.45, 7) is 3.74. The minimum absolute atomic E-state index is 0.0794. The number of amidine groups is 1. The molecular weight excluding hydrogens is 278 g/mol. The zero-order chi connectivity index (χ0) is 14.9. The van der Waals surface area contributed by atoms with E-state index in [4.69, 9.17) is 11.1 Å². The van der Waals surface area contributed by atoms with Crippen molar-refractivity contribution in [1.82, 2.24) is 10.2 Å². The summed E-state index contributed by atoms with van der Waals surface area (Å²) in [5.41, 5.74) is 7.44. The largest absolute Gasteiger partial charge is 0.384 e. The number of anilines is 1. The molecule has 2 aromatic rings.